The monoisotopic (exact) mass is 468 g/mol. The molecule has 7 nitrogen and oxygen atoms in total. The number of aliphatic hydroxyl groups is 1. The molecular formula is C27H36N2O5. The van der Waals surface area contributed by atoms with Crippen LogP contribution in [0.3, 0.4) is 0 Å². The van der Waals surface area contributed by atoms with Gasteiger partial charge in [-0.1, -0.05) is 13.3 Å². The van der Waals surface area contributed by atoms with Crippen LogP contribution < -0.4 is 14.8 Å². The van der Waals surface area contributed by atoms with E-state index in [0.717, 1.165) is 49.9 Å². The van der Waals surface area contributed by atoms with Gasteiger partial charge in [0.25, 0.3) is 0 Å². The molecule has 3 aliphatic rings. The smallest absolute Gasteiger partial charge is 0.160 e. The zero-order valence-corrected chi connectivity index (χ0v) is 20.3. The maximum absolute atomic E-state index is 11.9. The number of hydrogen-bond acceptors (Lipinski definition) is 7. The summed E-state index contributed by atoms with van der Waals surface area (Å²) in [6.07, 6.45) is 4.27. The molecule has 2 aromatic rings. The topological polar surface area (TPSA) is 94.4 Å². The van der Waals surface area contributed by atoms with E-state index in [-0.39, 0.29) is 17.5 Å². The van der Waals surface area contributed by atoms with E-state index in [0.29, 0.717) is 36.3 Å². The third kappa shape index (κ3) is 3.89. The minimum absolute atomic E-state index is 0.112. The molecule has 3 aliphatic heterocycles. The van der Waals surface area contributed by atoms with Crippen LogP contribution in [0.4, 0.5) is 0 Å². The molecule has 0 saturated carbocycles. The van der Waals surface area contributed by atoms with Crippen LogP contribution in [0.2, 0.25) is 0 Å². The zero-order chi connectivity index (χ0) is 24.0. The Labute approximate surface area is 201 Å². The summed E-state index contributed by atoms with van der Waals surface area (Å²) in [6, 6.07) is 7.62. The molecule has 0 spiro atoms. The number of aromatic hydroxyl groups is 2. The van der Waals surface area contributed by atoms with Crippen LogP contribution >= 0.6 is 0 Å². The van der Waals surface area contributed by atoms with Gasteiger partial charge in [-0.05, 0) is 78.5 Å². The first-order valence-corrected chi connectivity index (χ1v) is 12.4. The Morgan fingerprint density at radius 2 is 1.71 bits per heavy atom. The first-order chi connectivity index (χ1) is 16.4. The summed E-state index contributed by atoms with van der Waals surface area (Å²) in [4.78, 5) is 2.57. The summed E-state index contributed by atoms with van der Waals surface area (Å²) in [5.41, 5.74) is 3.03. The number of benzene rings is 2. The Kier molecular flexibility index (Phi) is 6.12. The lowest BCUT2D eigenvalue weighted by molar-refractivity contribution is -0.0569. The number of methoxy groups -OCH3 is 2. The van der Waals surface area contributed by atoms with Crippen LogP contribution in [-0.4, -0.2) is 54.1 Å². The highest BCUT2D eigenvalue weighted by Gasteiger charge is 2.44. The highest BCUT2D eigenvalue weighted by atomic mass is 16.5. The van der Waals surface area contributed by atoms with E-state index in [1.54, 1.807) is 19.2 Å². The number of nitrogens with one attached hydrogen (secondary N) is 1. The number of piperidine rings is 1. The predicted octanol–water partition coefficient (Wildman–Crippen LogP) is 3.44. The molecule has 0 radical (unpaired) electrons. The van der Waals surface area contributed by atoms with Gasteiger partial charge in [0.1, 0.15) is 5.72 Å². The van der Waals surface area contributed by atoms with E-state index >= 15 is 0 Å². The molecule has 3 heterocycles. The number of nitrogens with zero attached hydrogens (tertiary/aromatic N) is 1. The van der Waals surface area contributed by atoms with E-state index in [2.05, 4.69) is 17.1 Å². The molecule has 34 heavy (non-hydrogen) atoms. The van der Waals surface area contributed by atoms with Crippen LogP contribution in [0.1, 0.15) is 54.5 Å². The highest BCUT2D eigenvalue weighted by Crippen LogP contribution is 2.48. The lowest BCUT2D eigenvalue weighted by Gasteiger charge is -2.49. The molecular weight excluding hydrogens is 432 g/mol. The van der Waals surface area contributed by atoms with Crippen molar-refractivity contribution in [1.82, 2.24) is 10.2 Å². The lowest BCUT2D eigenvalue weighted by Crippen LogP contribution is -2.52. The maximum atomic E-state index is 11.9. The third-order valence-corrected chi connectivity index (χ3v) is 8.31. The quantitative estimate of drug-likeness (QED) is 0.534. The lowest BCUT2D eigenvalue weighted by atomic mass is 9.71. The summed E-state index contributed by atoms with van der Waals surface area (Å²) in [7, 11) is 3.12. The molecule has 4 N–H and O–H groups in total. The van der Waals surface area contributed by atoms with Gasteiger partial charge >= 0.3 is 0 Å². The molecule has 0 aromatic heterocycles. The van der Waals surface area contributed by atoms with Crippen molar-refractivity contribution in [2.24, 2.45) is 11.8 Å². The van der Waals surface area contributed by atoms with Crippen molar-refractivity contribution in [2.75, 3.05) is 33.9 Å². The number of phenolic OH excluding ortho intramolecular Hbond substituents is 2. The van der Waals surface area contributed by atoms with Gasteiger partial charge in [0.05, 0.1) is 14.2 Å². The average Bonchev–Trinajstić information content (AvgIpc) is 2.83. The Hall–Kier alpha value is -2.48. The van der Waals surface area contributed by atoms with Gasteiger partial charge in [-0.25, -0.2) is 0 Å². The number of rotatable bonds is 5. The Bertz CT molecular complexity index is 1070. The first kappa shape index (κ1) is 23.3. The Balaban J connectivity index is 1.47. The minimum atomic E-state index is -1.17. The second-order valence-corrected chi connectivity index (χ2v) is 10.1. The second-order valence-electron chi connectivity index (χ2n) is 10.1. The summed E-state index contributed by atoms with van der Waals surface area (Å²) >= 11 is 0. The molecule has 0 aliphatic carbocycles. The fraction of sp³-hybridized carbons (Fsp3) is 0.556. The van der Waals surface area contributed by atoms with E-state index in [1.165, 1.54) is 18.2 Å². The number of phenols is 2. The Morgan fingerprint density at radius 1 is 1.00 bits per heavy atom. The summed E-state index contributed by atoms with van der Waals surface area (Å²) in [5.74, 6) is 2.00. The van der Waals surface area contributed by atoms with Crippen molar-refractivity contribution in [3.63, 3.8) is 0 Å². The summed E-state index contributed by atoms with van der Waals surface area (Å²) in [5, 5.41) is 35.8. The van der Waals surface area contributed by atoms with Crippen LogP contribution in [0, 0.1) is 11.8 Å². The third-order valence-electron chi connectivity index (χ3n) is 8.31. The van der Waals surface area contributed by atoms with E-state index in [4.69, 9.17) is 9.47 Å². The minimum Gasteiger partial charge on any atom is -0.504 e. The van der Waals surface area contributed by atoms with Gasteiger partial charge < -0.3 is 24.8 Å². The van der Waals surface area contributed by atoms with Crippen LogP contribution in [0.5, 0.6) is 23.0 Å². The standard InChI is InChI=1S/C27H36N2O5/c1-4-16-15-29-8-6-17-10-23(30)25(33-2)12-20(17)22(29)9-19(16)14-27(32)21-13-26(34-3)24(31)11-18(21)5-7-28-27/h10-13,16,19,22,28,30-32H,4-9,14-15H2,1-3H3/t16-,19+,22-,27-/m0/s1. The van der Waals surface area contributed by atoms with Gasteiger partial charge in [0.2, 0.25) is 0 Å². The van der Waals surface area contributed by atoms with Gasteiger partial charge in [-0.3, -0.25) is 10.2 Å². The largest absolute Gasteiger partial charge is 0.504 e. The van der Waals surface area contributed by atoms with E-state index in [9.17, 15) is 15.3 Å². The SMILES string of the molecule is CC[C@H]1CN2CCc3cc(O)c(OC)cc3[C@@H]2C[C@@H]1C[C@@]1(O)NCCc2cc(O)c(OC)cc21. The highest BCUT2D eigenvalue weighted by molar-refractivity contribution is 5.50. The van der Waals surface area contributed by atoms with E-state index < -0.39 is 5.72 Å². The van der Waals surface area contributed by atoms with Crippen molar-refractivity contribution in [3.05, 3.63) is 46.5 Å². The van der Waals surface area contributed by atoms with Crippen LogP contribution in [0.15, 0.2) is 24.3 Å². The number of fused-ring (bicyclic) bond motifs is 4. The second kappa shape index (κ2) is 8.95. The molecule has 7 heteroatoms. The normalized spacial score (nSPS) is 28.5. The van der Waals surface area contributed by atoms with Crippen molar-refractivity contribution in [3.8, 4) is 23.0 Å². The predicted molar refractivity (Wildman–Crippen MR) is 129 cm³/mol. The van der Waals surface area contributed by atoms with E-state index in [1.807, 2.05) is 12.1 Å². The molecule has 0 unspecified atom stereocenters. The fourth-order valence-electron chi connectivity index (χ4n) is 6.50. The number of ether oxygens (including phenoxy) is 2. The number of hydrogen-bond donors (Lipinski definition) is 4. The van der Waals surface area contributed by atoms with Crippen LogP contribution in [0.25, 0.3) is 0 Å². The molecule has 1 fully saturated rings. The molecule has 0 amide bonds. The summed E-state index contributed by atoms with van der Waals surface area (Å²) < 4.78 is 10.8. The van der Waals surface area contributed by atoms with Crippen LogP contribution in [-0.2, 0) is 18.6 Å². The molecule has 0 bridgehead atoms. The average molecular weight is 469 g/mol. The fourth-order valence-corrected chi connectivity index (χ4v) is 6.50. The van der Waals surface area contributed by atoms with Gasteiger partial charge in [0, 0.05) is 31.2 Å². The molecule has 4 atom stereocenters. The molecule has 5 rings (SSSR count). The summed E-state index contributed by atoms with van der Waals surface area (Å²) in [6.45, 7) is 4.88. The van der Waals surface area contributed by atoms with Gasteiger partial charge in [0.15, 0.2) is 23.0 Å². The van der Waals surface area contributed by atoms with Crippen molar-refractivity contribution < 1.29 is 24.8 Å². The van der Waals surface area contributed by atoms with Crippen molar-refractivity contribution in [2.45, 2.75) is 50.8 Å². The molecule has 184 valence electrons. The van der Waals surface area contributed by atoms with Gasteiger partial charge in [-0.15, -0.1) is 0 Å². The van der Waals surface area contributed by atoms with Crippen molar-refractivity contribution >= 4 is 0 Å². The van der Waals surface area contributed by atoms with Crippen molar-refractivity contribution in [1.29, 1.82) is 0 Å². The Morgan fingerprint density at radius 3 is 2.41 bits per heavy atom. The molecule has 2 aromatic carbocycles. The van der Waals surface area contributed by atoms with Gasteiger partial charge in [-0.2, -0.15) is 0 Å². The molecule has 1 saturated heterocycles. The zero-order valence-electron chi connectivity index (χ0n) is 20.3. The maximum Gasteiger partial charge on any atom is 0.160 e. The first-order valence-electron chi connectivity index (χ1n) is 12.4.